The van der Waals surface area contributed by atoms with E-state index in [4.69, 9.17) is 5.11 Å². The van der Waals surface area contributed by atoms with E-state index in [0.29, 0.717) is 0 Å². The van der Waals surface area contributed by atoms with Gasteiger partial charge in [0.2, 0.25) is 0 Å². The smallest absolute Gasteiger partial charge is 0.390 e. The highest BCUT2D eigenvalue weighted by Crippen LogP contribution is 2.19. The third kappa shape index (κ3) is 7.81. The van der Waals surface area contributed by atoms with Crippen molar-refractivity contribution in [1.29, 1.82) is 0 Å². The molecule has 0 fully saturated rings. The number of likely N-dealkylation sites (N-methyl/N-ethyl adjacent to an activating group) is 1. The summed E-state index contributed by atoms with van der Waals surface area (Å²) < 4.78 is 35.0. The van der Waals surface area contributed by atoms with Crippen LogP contribution in [0.4, 0.5) is 13.2 Å². The molecule has 0 rings (SSSR count). The van der Waals surface area contributed by atoms with Crippen LogP contribution in [0.15, 0.2) is 0 Å². The van der Waals surface area contributed by atoms with Crippen LogP contribution in [0.3, 0.4) is 0 Å². The minimum absolute atomic E-state index is 0.0611. The Morgan fingerprint density at radius 2 is 1.92 bits per heavy atom. The number of hydrogen-bond donors (Lipinski definition) is 1. The fourth-order valence-electron chi connectivity index (χ4n) is 0.860. The van der Waals surface area contributed by atoms with E-state index >= 15 is 0 Å². The van der Waals surface area contributed by atoms with Crippen LogP contribution in [0, 0.1) is 0 Å². The summed E-state index contributed by atoms with van der Waals surface area (Å²) in [5.41, 5.74) is 0. The first-order chi connectivity index (χ1) is 5.31. The van der Waals surface area contributed by atoms with E-state index in [-0.39, 0.29) is 13.1 Å². The molecule has 0 aromatic heterocycles. The summed E-state index contributed by atoms with van der Waals surface area (Å²) in [7, 11) is 1.55. The molecule has 0 heterocycles. The average molecular weight is 185 g/mol. The molecule has 0 bridgehead atoms. The Morgan fingerprint density at radius 1 is 1.42 bits per heavy atom. The maximum absolute atomic E-state index is 11.7. The molecule has 0 radical (unpaired) electrons. The fraction of sp³-hybridized carbons (Fsp3) is 1.00. The third-order valence-corrected chi connectivity index (χ3v) is 1.35. The van der Waals surface area contributed by atoms with Crippen LogP contribution < -0.4 is 0 Å². The summed E-state index contributed by atoms with van der Waals surface area (Å²) in [6.45, 7) is 1.76. The fourth-order valence-corrected chi connectivity index (χ4v) is 0.860. The standard InChI is InChI=1S/C7H14F3NO/c1-6(12)5-11(2)4-3-7(8,9)10/h6,12H,3-5H2,1-2H3. The predicted octanol–water partition coefficient (Wildman–Crippen LogP) is 1.25. The van der Waals surface area contributed by atoms with Gasteiger partial charge in [-0.3, -0.25) is 0 Å². The highest BCUT2D eigenvalue weighted by molar-refractivity contribution is 4.59. The van der Waals surface area contributed by atoms with Crippen LogP contribution in [0.25, 0.3) is 0 Å². The van der Waals surface area contributed by atoms with Crippen molar-refractivity contribution in [2.24, 2.45) is 0 Å². The summed E-state index contributed by atoms with van der Waals surface area (Å²) in [5.74, 6) is 0. The summed E-state index contributed by atoms with van der Waals surface area (Å²) >= 11 is 0. The second kappa shape index (κ2) is 4.67. The largest absolute Gasteiger partial charge is 0.392 e. The van der Waals surface area contributed by atoms with Gasteiger partial charge in [-0.1, -0.05) is 0 Å². The van der Waals surface area contributed by atoms with Crippen molar-refractivity contribution in [3.05, 3.63) is 0 Å². The molecule has 1 unspecified atom stereocenters. The number of hydrogen-bond acceptors (Lipinski definition) is 2. The Hall–Kier alpha value is -0.290. The van der Waals surface area contributed by atoms with Crippen molar-refractivity contribution in [3.63, 3.8) is 0 Å². The highest BCUT2D eigenvalue weighted by atomic mass is 19.4. The molecule has 0 aliphatic carbocycles. The maximum atomic E-state index is 11.7. The zero-order valence-electron chi connectivity index (χ0n) is 7.23. The molecule has 2 nitrogen and oxygen atoms in total. The van der Waals surface area contributed by atoms with Crippen LogP contribution >= 0.6 is 0 Å². The summed E-state index contributed by atoms with van der Waals surface area (Å²) in [5, 5.41) is 8.83. The maximum Gasteiger partial charge on any atom is 0.390 e. The number of nitrogens with zero attached hydrogens (tertiary/aromatic N) is 1. The second-order valence-corrected chi connectivity index (χ2v) is 2.98. The van der Waals surface area contributed by atoms with Gasteiger partial charge in [-0.05, 0) is 14.0 Å². The predicted molar refractivity (Wildman–Crippen MR) is 39.8 cm³/mol. The van der Waals surface area contributed by atoms with Gasteiger partial charge < -0.3 is 10.0 Å². The molecule has 0 amide bonds. The lowest BCUT2D eigenvalue weighted by molar-refractivity contribution is -0.137. The number of aliphatic hydroxyl groups is 1. The Bertz CT molecular complexity index is 124. The molecule has 1 atom stereocenters. The van der Waals surface area contributed by atoms with E-state index in [0.717, 1.165) is 0 Å². The average Bonchev–Trinajstić information content (AvgIpc) is 1.80. The zero-order chi connectivity index (χ0) is 9.78. The molecule has 0 saturated carbocycles. The van der Waals surface area contributed by atoms with Gasteiger partial charge in [0.05, 0.1) is 12.5 Å². The monoisotopic (exact) mass is 185 g/mol. The van der Waals surface area contributed by atoms with E-state index in [1.165, 1.54) is 4.90 Å². The summed E-state index contributed by atoms with van der Waals surface area (Å²) in [4.78, 5) is 1.46. The van der Waals surface area contributed by atoms with E-state index in [1.54, 1.807) is 14.0 Å². The molecular weight excluding hydrogens is 171 g/mol. The number of alkyl halides is 3. The normalized spacial score (nSPS) is 15.2. The van der Waals surface area contributed by atoms with Crippen molar-refractivity contribution >= 4 is 0 Å². The van der Waals surface area contributed by atoms with Crippen LogP contribution in [-0.2, 0) is 0 Å². The lowest BCUT2D eigenvalue weighted by Gasteiger charge is -2.18. The third-order valence-electron chi connectivity index (χ3n) is 1.35. The second-order valence-electron chi connectivity index (χ2n) is 2.98. The van der Waals surface area contributed by atoms with E-state index in [2.05, 4.69) is 0 Å². The first-order valence-electron chi connectivity index (χ1n) is 3.74. The number of rotatable bonds is 4. The van der Waals surface area contributed by atoms with Gasteiger partial charge in [-0.25, -0.2) is 0 Å². The molecule has 0 aromatic carbocycles. The topological polar surface area (TPSA) is 23.5 Å². The van der Waals surface area contributed by atoms with Crippen molar-refractivity contribution < 1.29 is 18.3 Å². The van der Waals surface area contributed by atoms with Gasteiger partial charge in [-0.15, -0.1) is 0 Å². The van der Waals surface area contributed by atoms with Gasteiger partial charge in [-0.2, -0.15) is 13.2 Å². The van der Waals surface area contributed by atoms with E-state index < -0.39 is 18.7 Å². The first kappa shape index (κ1) is 11.7. The lowest BCUT2D eigenvalue weighted by atomic mass is 10.3. The van der Waals surface area contributed by atoms with Gasteiger partial charge in [0.25, 0.3) is 0 Å². The number of halogens is 3. The van der Waals surface area contributed by atoms with Crippen molar-refractivity contribution in [2.75, 3.05) is 20.1 Å². The lowest BCUT2D eigenvalue weighted by Crippen LogP contribution is -2.30. The first-order valence-corrected chi connectivity index (χ1v) is 3.74. The van der Waals surface area contributed by atoms with Crippen LogP contribution in [0.2, 0.25) is 0 Å². The van der Waals surface area contributed by atoms with Crippen LogP contribution in [0.5, 0.6) is 0 Å². The van der Waals surface area contributed by atoms with Crippen molar-refractivity contribution in [3.8, 4) is 0 Å². The van der Waals surface area contributed by atoms with Gasteiger partial charge >= 0.3 is 6.18 Å². The van der Waals surface area contributed by atoms with Gasteiger partial charge in [0.15, 0.2) is 0 Å². The van der Waals surface area contributed by atoms with Gasteiger partial charge in [0.1, 0.15) is 0 Å². The highest BCUT2D eigenvalue weighted by Gasteiger charge is 2.27. The minimum atomic E-state index is -4.10. The minimum Gasteiger partial charge on any atom is -0.392 e. The molecular formula is C7H14F3NO. The zero-order valence-corrected chi connectivity index (χ0v) is 7.23. The van der Waals surface area contributed by atoms with Gasteiger partial charge in [0, 0.05) is 13.1 Å². The molecule has 12 heavy (non-hydrogen) atoms. The molecule has 0 aromatic rings. The Balaban J connectivity index is 3.51. The molecule has 1 N–H and O–H groups in total. The molecule has 74 valence electrons. The Kier molecular flexibility index (Phi) is 4.55. The summed E-state index contributed by atoms with van der Waals surface area (Å²) in [6, 6.07) is 0. The summed E-state index contributed by atoms with van der Waals surface area (Å²) in [6.07, 6.45) is -5.51. The molecule has 0 aliphatic rings. The quantitative estimate of drug-likeness (QED) is 0.712. The van der Waals surface area contributed by atoms with Crippen molar-refractivity contribution in [1.82, 2.24) is 4.90 Å². The van der Waals surface area contributed by atoms with E-state index in [1.807, 2.05) is 0 Å². The van der Waals surface area contributed by atoms with Crippen LogP contribution in [0.1, 0.15) is 13.3 Å². The molecule has 0 spiro atoms. The SMILES string of the molecule is CC(O)CN(C)CCC(F)(F)F. The molecule has 5 heteroatoms. The number of aliphatic hydroxyl groups excluding tert-OH is 1. The Labute approximate surface area is 70.0 Å². The van der Waals surface area contributed by atoms with E-state index in [9.17, 15) is 13.2 Å². The molecule has 0 saturated heterocycles. The van der Waals surface area contributed by atoms with Crippen molar-refractivity contribution in [2.45, 2.75) is 25.6 Å². The Morgan fingerprint density at radius 3 is 2.25 bits per heavy atom. The van der Waals surface area contributed by atoms with Crippen LogP contribution in [-0.4, -0.2) is 42.4 Å². The molecule has 0 aliphatic heterocycles.